The van der Waals surface area contributed by atoms with E-state index < -0.39 is 5.63 Å². The van der Waals surface area contributed by atoms with E-state index in [1.165, 1.54) is 12.1 Å². The smallest absolute Gasteiger partial charge is 0.336 e. The fourth-order valence-electron chi connectivity index (χ4n) is 2.40. The molecule has 7 heteroatoms. The molecule has 1 aromatic heterocycles. The number of fused-ring (bicyclic) bond motifs is 1. The number of anilines is 1. The normalized spacial score (nSPS) is 10.4. The highest BCUT2D eigenvalue weighted by atomic mass is 35.5. The second-order valence-corrected chi connectivity index (χ2v) is 5.99. The molecule has 25 heavy (non-hydrogen) atoms. The second kappa shape index (κ2) is 6.98. The molecule has 0 bridgehead atoms. The van der Waals surface area contributed by atoms with Crippen molar-refractivity contribution in [3.05, 3.63) is 79.9 Å². The van der Waals surface area contributed by atoms with Crippen molar-refractivity contribution < 1.29 is 9.21 Å². The second-order valence-electron chi connectivity index (χ2n) is 5.21. The zero-order chi connectivity index (χ0) is 18.0. The minimum absolute atomic E-state index is 0.0533. The van der Waals surface area contributed by atoms with E-state index in [0.29, 0.717) is 27.3 Å². The predicted octanol–water partition coefficient (Wildman–Crippen LogP) is 4.83. The van der Waals surface area contributed by atoms with Crippen molar-refractivity contribution >= 4 is 51.5 Å². The predicted molar refractivity (Wildman–Crippen MR) is 97.5 cm³/mol. The molecule has 124 valence electrons. The average Bonchev–Trinajstić information content (AvgIpc) is 2.58. The molecule has 0 saturated heterocycles. The molecular weight excluding hydrogens is 363 g/mol. The summed E-state index contributed by atoms with van der Waals surface area (Å²) in [6, 6.07) is 10.9. The Kier molecular flexibility index (Phi) is 4.75. The zero-order valence-corrected chi connectivity index (χ0v) is 14.2. The molecular formula is C18H10Cl2N2O3. The van der Waals surface area contributed by atoms with Crippen LogP contribution < -0.4 is 10.9 Å². The van der Waals surface area contributed by atoms with Gasteiger partial charge in [0.25, 0.3) is 0 Å². The van der Waals surface area contributed by atoms with Gasteiger partial charge in [-0.1, -0.05) is 41.4 Å². The highest BCUT2D eigenvalue weighted by Crippen LogP contribution is 2.30. The molecule has 0 radical (unpaired) electrons. The molecule has 0 aliphatic heterocycles. The van der Waals surface area contributed by atoms with E-state index in [9.17, 15) is 9.59 Å². The summed E-state index contributed by atoms with van der Waals surface area (Å²) in [6.07, 6.45) is -0.0533. The Hall–Kier alpha value is -2.81. The highest BCUT2D eigenvalue weighted by molar-refractivity contribution is 6.44. The van der Waals surface area contributed by atoms with Gasteiger partial charge in [0, 0.05) is 11.5 Å². The fourth-order valence-corrected chi connectivity index (χ4v) is 2.75. The van der Waals surface area contributed by atoms with Gasteiger partial charge in [-0.3, -0.25) is 4.79 Å². The maximum Gasteiger partial charge on any atom is 0.336 e. The lowest BCUT2D eigenvalue weighted by Gasteiger charge is -2.09. The van der Waals surface area contributed by atoms with Gasteiger partial charge in [0.1, 0.15) is 5.58 Å². The van der Waals surface area contributed by atoms with Crippen molar-refractivity contribution in [2.75, 3.05) is 5.32 Å². The molecule has 2 aromatic carbocycles. The lowest BCUT2D eigenvalue weighted by molar-refractivity contribution is -0.115. The molecule has 0 spiro atoms. The van der Waals surface area contributed by atoms with Gasteiger partial charge in [0.05, 0.1) is 28.7 Å². The van der Waals surface area contributed by atoms with Crippen LogP contribution >= 0.6 is 23.2 Å². The Morgan fingerprint density at radius 3 is 2.76 bits per heavy atom. The summed E-state index contributed by atoms with van der Waals surface area (Å²) >= 11 is 12.0. The van der Waals surface area contributed by atoms with Gasteiger partial charge in [0.15, 0.2) is 5.69 Å². The first kappa shape index (κ1) is 17.0. The fraction of sp³-hybridized carbons (Fsp3) is 0.0556. The lowest BCUT2D eigenvalue weighted by atomic mass is 10.1. The molecule has 0 unspecified atom stereocenters. The van der Waals surface area contributed by atoms with Crippen LogP contribution in [0.1, 0.15) is 5.56 Å². The van der Waals surface area contributed by atoms with E-state index in [1.807, 2.05) is 0 Å². The molecule has 1 N–H and O–H groups in total. The van der Waals surface area contributed by atoms with Crippen LogP contribution in [-0.2, 0) is 11.2 Å². The number of nitrogens with zero attached hydrogens (tertiary/aromatic N) is 1. The number of benzene rings is 2. The Balaban J connectivity index is 1.92. The summed E-state index contributed by atoms with van der Waals surface area (Å²) in [7, 11) is 0. The largest absolute Gasteiger partial charge is 0.424 e. The highest BCUT2D eigenvalue weighted by Gasteiger charge is 2.13. The maximum absolute atomic E-state index is 12.3. The van der Waals surface area contributed by atoms with Gasteiger partial charge in [-0.05, 0) is 23.8 Å². The van der Waals surface area contributed by atoms with Crippen molar-refractivity contribution in [3.63, 3.8) is 0 Å². The summed E-state index contributed by atoms with van der Waals surface area (Å²) in [4.78, 5) is 27.4. The van der Waals surface area contributed by atoms with E-state index in [1.54, 1.807) is 30.3 Å². The number of rotatable bonds is 3. The van der Waals surface area contributed by atoms with Crippen molar-refractivity contribution in [2.45, 2.75) is 6.42 Å². The van der Waals surface area contributed by atoms with E-state index >= 15 is 0 Å². The molecule has 0 saturated carbocycles. The number of carbonyl (C=O) groups is 1. The van der Waals surface area contributed by atoms with Crippen LogP contribution in [-0.4, -0.2) is 5.91 Å². The van der Waals surface area contributed by atoms with Gasteiger partial charge < -0.3 is 9.73 Å². The van der Waals surface area contributed by atoms with Gasteiger partial charge in [-0.2, -0.15) is 0 Å². The summed E-state index contributed by atoms with van der Waals surface area (Å²) in [5.74, 6) is -0.356. The van der Waals surface area contributed by atoms with Gasteiger partial charge in [0.2, 0.25) is 5.91 Å². The minimum atomic E-state index is -0.585. The molecule has 0 atom stereocenters. The van der Waals surface area contributed by atoms with E-state index in [4.69, 9.17) is 34.2 Å². The van der Waals surface area contributed by atoms with Crippen LogP contribution in [0.2, 0.25) is 10.0 Å². The van der Waals surface area contributed by atoms with E-state index in [2.05, 4.69) is 10.2 Å². The number of amides is 1. The third-order valence-electron chi connectivity index (χ3n) is 3.52. The standard InChI is InChI=1S/C18H10Cl2N2O3/c1-21-11-5-6-12-10(8-17(24)25-15(12)9-11)7-16(23)22-14-4-2-3-13(19)18(14)20/h2-6,8-9H,7H2,(H,22,23). The van der Waals surface area contributed by atoms with Crippen LogP contribution in [0.3, 0.4) is 0 Å². The zero-order valence-electron chi connectivity index (χ0n) is 12.7. The molecule has 3 aromatic rings. The van der Waals surface area contributed by atoms with Crippen LogP contribution in [0.4, 0.5) is 11.4 Å². The quantitative estimate of drug-likeness (QED) is 0.528. The van der Waals surface area contributed by atoms with E-state index in [0.717, 1.165) is 0 Å². The minimum Gasteiger partial charge on any atom is -0.424 e. The van der Waals surface area contributed by atoms with Crippen molar-refractivity contribution in [1.82, 2.24) is 0 Å². The third-order valence-corrected chi connectivity index (χ3v) is 4.34. The number of carbonyl (C=O) groups excluding carboxylic acids is 1. The summed E-state index contributed by atoms with van der Waals surface area (Å²) in [5.41, 5.74) is 0.922. The first-order valence-corrected chi connectivity index (χ1v) is 7.91. The van der Waals surface area contributed by atoms with E-state index in [-0.39, 0.29) is 22.9 Å². The van der Waals surface area contributed by atoms with Gasteiger partial charge in [-0.15, -0.1) is 0 Å². The van der Waals surface area contributed by atoms with Crippen molar-refractivity contribution in [2.24, 2.45) is 0 Å². The Labute approximate surface area is 152 Å². The molecule has 1 amide bonds. The number of hydrogen-bond donors (Lipinski definition) is 1. The Bertz CT molecular complexity index is 1080. The first-order chi connectivity index (χ1) is 12.0. The van der Waals surface area contributed by atoms with Crippen molar-refractivity contribution in [3.8, 4) is 0 Å². The van der Waals surface area contributed by atoms with Gasteiger partial charge >= 0.3 is 5.63 Å². The molecule has 0 fully saturated rings. The summed E-state index contributed by atoms with van der Waals surface area (Å²) in [5, 5.41) is 3.84. The van der Waals surface area contributed by atoms with Crippen LogP contribution in [0.5, 0.6) is 0 Å². The topological polar surface area (TPSA) is 63.7 Å². The Morgan fingerprint density at radius 1 is 1.20 bits per heavy atom. The molecule has 5 nitrogen and oxygen atoms in total. The SMILES string of the molecule is [C-]#[N+]c1ccc2c(CC(=O)Nc3cccc(Cl)c3Cl)cc(=O)oc2c1. The Morgan fingerprint density at radius 2 is 2.00 bits per heavy atom. The third kappa shape index (κ3) is 3.66. The number of halogens is 2. The van der Waals surface area contributed by atoms with Gasteiger partial charge in [-0.25, -0.2) is 9.64 Å². The number of nitrogens with one attached hydrogen (secondary N) is 1. The average molecular weight is 373 g/mol. The van der Waals surface area contributed by atoms with Crippen molar-refractivity contribution in [1.29, 1.82) is 0 Å². The molecule has 0 aliphatic carbocycles. The van der Waals surface area contributed by atoms with Crippen LogP contribution in [0.15, 0.2) is 51.7 Å². The molecule has 3 rings (SSSR count). The monoisotopic (exact) mass is 372 g/mol. The van der Waals surface area contributed by atoms with Crippen LogP contribution in [0.25, 0.3) is 15.8 Å². The first-order valence-electron chi connectivity index (χ1n) is 7.16. The van der Waals surface area contributed by atoms with Crippen LogP contribution in [0, 0.1) is 6.57 Å². The number of hydrogen-bond acceptors (Lipinski definition) is 3. The molecule has 0 aliphatic rings. The molecule has 1 heterocycles. The maximum atomic E-state index is 12.3. The summed E-state index contributed by atoms with van der Waals surface area (Å²) < 4.78 is 5.11. The lowest BCUT2D eigenvalue weighted by Crippen LogP contribution is -2.16. The summed E-state index contributed by atoms with van der Waals surface area (Å²) in [6.45, 7) is 7.02.